The minimum atomic E-state index is -0.0630. The number of hydrogen-bond donors (Lipinski definition) is 1. The molecule has 0 atom stereocenters. The van der Waals surface area contributed by atoms with Crippen molar-refractivity contribution in [3.63, 3.8) is 0 Å². The smallest absolute Gasteiger partial charge is 0.251 e. The number of aromatic nitrogens is 3. The Morgan fingerprint density at radius 1 is 1.00 bits per heavy atom. The highest BCUT2D eigenvalue weighted by Crippen LogP contribution is 2.24. The van der Waals surface area contributed by atoms with Gasteiger partial charge in [0, 0.05) is 74.1 Å². The minimum absolute atomic E-state index is 0.0630. The molecule has 0 radical (unpaired) electrons. The predicted octanol–water partition coefficient (Wildman–Crippen LogP) is 3.84. The molecular formula is C27H34N6OS. The Hall–Kier alpha value is -2.97. The largest absolute Gasteiger partial charge is 0.354 e. The number of piperazine rings is 1. The summed E-state index contributed by atoms with van der Waals surface area (Å²) < 4.78 is 0. The molecule has 1 aromatic carbocycles. The lowest BCUT2D eigenvalue weighted by Gasteiger charge is -2.34. The van der Waals surface area contributed by atoms with Crippen molar-refractivity contribution in [3.05, 3.63) is 77.2 Å². The number of aryl methyl sites for hydroxylation is 1. The van der Waals surface area contributed by atoms with Gasteiger partial charge < -0.3 is 15.1 Å². The first-order chi connectivity index (χ1) is 17.1. The monoisotopic (exact) mass is 490 g/mol. The van der Waals surface area contributed by atoms with E-state index in [1.54, 1.807) is 18.0 Å². The predicted molar refractivity (Wildman–Crippen MR) is 142 cm³/mol. The maximum atomic E-state index is 12.5. The first kappa shape index (κ1) is 25.1. The van der Waals surface area contributed by atoms with Crippen LogP contribution in [0.4, 0.5) is 5.82 Å². The number of nitrogens with one attached hydrogen (secondary N) is 1. The van der Waals surface area contributed by atoms with E-state index in [-0.39, 0.29) is 5.91 Å². The van der Waals surface area contributed by atoms with Gasteiger partial charge in [0.15, 0.2) is 5.16 Å². The van der Waals surface area contributed by atoms with Gasteiger partial charge in [0.25, 0.3) is 5.91 Å². The lowest BCUT2D eigenvalue weighted by molar-refractivity contribution is 0.0954. The van der Waals surface area contributed by atoms with Gasteiger partial charge in [-0.3, -0.25) is 9.78 Å². The van der Waals surface area contributed by atoms with Crippen LogP contribution in [0.1, 0.15) is 41.2 Å². The van der Waals surface area contributed by atoms with Crippen molar-refractivity contribution in [1.82, 2.24) is 25.2 Å². The molecule has 1 fully saturated rings. The maximum absolute atomic E-state index is 12.5. The van der Waals surface area contributed by atoms with Crippen molar-refractivity contribution in [2.24, 2.45) is 0 Å². The van der Waals surface area contributed by atoms with Gasteiger partial charge in [-0.25, -0.2) is 9.97 Å². The van der Waals surface area contributed by atoms with E-state index in [1.165, 1.54) is 0 Å². The van der Waals surface area contributed by atoms with Gasteiger partial charge >= 0.3 is 0 Å². The fourth-order valence-electron chi connectivity index (χ4n) is 4.01. The minimum Gasteiger partial charge on any atom is -0.354 e. The van der Waals surface area contributed by atoms with Gasteiger partial charge in [-0.15, -0.1) is 0 Å². The standard InChI is InChI=1S/C27H34N6OS/c1-3-23-19-25(33-17-15-32(4-2)16-18-33)31-27(30-23)35-20-21-8-10-22(11-9-21)26(34)29-14-12-24-7-5-6-13-28-24/h5-11,13,19H,3-4,12,14-18,20H2,1-2H3,(H,29,34). The zero-order chi connectivity index (χ0) is 24.5. The van der Waals surface area contributed by atoms with Crippen LogP contribution < -0.4 is 10.2 Å². The summed E-state index contributed by atoms with van der Waals surface area (Å²) in [4.78, 5) is 31.2. The Kier molecular flexibility index (Phi) is 9.08. The van der Waals surface area contributed by atoms with E-state index >= 15 is 0 Å². The van der Waals surface area contributed by atoms with Crippen LogP contribution in [0.25, 0.3) is 0 Å². The Bertz CT molecular complexity index is 1080. The van der Waals surface area contributed by atoms with Crippen molar-refractivity contribution >= 4 is 23.5 Å². The summed E-state index contributed by atoms with van der Waals surface area (Å²) in [7, 11) is 0. The van der Waals surface area contributed by atoms with Crippen molar-refractivity contribution in [3.8, 4) is 0 Å². The molecule has 1 N–H and O–H groups in total. The number of rotatable bonds is 10. The molecule has 0 saturated carbocycles. The molecule has 0 spiro atoms. The number of pyridine rings is 1. The summed E-state index contributed by atoms with van der Waals surface area (Å²) in [5.74, 6) is 1.73. The van der Waals surface area contributed by atoms with Gasteiger partial charge in [-0.05, 0) is 42.8 Å². The molecule has 1 amide bonds. The quantitative estimate of drug-likeness (QED) is 0.342. The molecule has 8 heteroatoms. The highest BCUT2D eigenvalue weighted by Gasteiger charge is 2.18. The summed E-state index contributed by atoms with van der Waals surface area (Å²) >= 11 is 1.65. The average molecular weight is 491 g/mol. The van der Waals surface area contributed by atoms with Crippen LogP contribution in [0, 0.1) is 0 Å². The summed E-state index contributed by atoms with van der Waals surface area (Å²) in [6.45, 7) is 10.2. The second kappa shape index (κ2) is 12.7. The van der Waals surface area contributed by atoms with Crippen LogP contribution in [0.15, 0.2) is 59.9 Å². The van der Waals surface area contributed by atoms with Crippen LogP contribution in [-0.2, 0) is 18.6 Å². The summed E-state index contributed by atoms with van der Waals surface area (Å²) in [6.07, 6.45) is 3.38. The van der Waals surface area contributed by atoms with Crippen molar-refractivity contribution in [1.29, 1.82) is 0 Å². The molecule has 0 bridgehead atoms. The number of carbonyl (C=O) groups excluding carboxylic acids is 1. The third-order valence-corrected chi connectivity index (χ3v) is 7.15. The second-order valence-corrected chi connectivity index (χ2v) is 9.53. The molecule has 184 valence electrons. The van der Waals surface area contributed by atoms with Gasteiger partial charge in [-0.1, -0.05) is 43.8 Å². The lowest BCUT2D eigenvalue weighted by atomic mass is 10.1. The Morgan fingerprint density at radius 3 is 2.49 bits per heavy atom. The van der Waals surface area contributed by atoms with Crippen molar-refractivity contribution in [2.45, 2.75) is 37.6 Å². The highest BCUT2D eigenvalue weighted by atomic mass is 32.2. The number of nitrogens with zero attached hydrogens (tertiary/aromatic N) is 5. The second-order valence-electron chi connectivity index (χ2n) is 8.59. The molecule has 1 aliphatic heterocycles. The number of anilines is 1. The van der Waals surface area contributed by atoms with Gasteiger partial charge in [0.05, 0.1) is 0 Å². The van der Waals surface area contributed by atoms with E-state index in [9.17, 15) is 4.79 Å². The molecular weight excluding hydrogens is 456 g/mol. The normalized spacial score (nSPS) is 14.2. The summed E-state index contributed by atoms with van der Waals surface area (Å²) in [5, 5.41) is 3.78. The van der Waals surface area contributed by atoms with Crippen LogP contribution >= 0.6 is 11.8 Å². The highest BCUT2D eigenvalue weighted by molar-refractivity contribution is 7.98. The molecule has 0 aliphatic carbocycles. The molecule has 2 aromatic heterocycles. The van der Waals surface area contributed by atoms with E-state index in [4.69, 9.17) is 9.97 Å². The molecule has 1 saturated heterocycles. The lowest BCUT2D eigenvalue weighted by Crippen LogP contribution is -2.46. The van der Waals surface area contributed by atoms with Crippen molar-refractivity contribution < 1.29 is 4.79 Å². The molecule has 7 nitrogen and oxygen atoms in total. The first-order valence-corrected chi connectivity index (χ1v) is 13.4. The number of benzene rings is 1. The Labute approximate surface area is 212 Å². The number of carbonyl (C=O) groups is 1. The van der Waals surface area contributed by atoms with E-state index in [2.05, 4.69) is 40.0 Å². The number of amides is 1. The van der Waals surface area contributed by atoms with Gasteiger partial charge in [0.2, 0.25) is 0 Å². The molecule has 4 rings (SSSR count). The van der Waals surface area contributed by atoms with E-state index in [0.717, 1.165) is 72.8 Å². The van der Waals surface area contributed by atoms with E-state index in [1.807, 2.05) is 42.5 Å². The van der Waals surface area contributed by atoms with Gasteiger partial charge in [-0.2, -0.15) is 0 Å². The van der Waals surface area contributed by atoms with Crippen molar-refractivity contribution in [2.75, 3.05) is 44.2 Å². The van der Waals surface area contributed by atoms with Gasteiger partial charge in [0.1, 0.15) is 5.82 Å². The number of hydrogen-bond acceptors (Lipinski definition) is 7. The zero-order valence-electron chi connectivity index (χ0n) is 20.6. The number of likely N-dealkylation sites (N-methyl/N-ethyl adjacent to an activating group) is 1. The van der Waals surface area contributed by atoms with E-state index < -0.39 is 0 Å². The van der Waals surface area contributed by atoms with Crippen LogP contribution in [0.5, 0.6) is 0 Å². The SMILES string of the molecule is CCc1cc(N2CCN(CC)CC2)nc(SCc2ccc(C(=O)NCCc3ccccn3)cc2)n1. The topological polar surface area (TPSA) is 74.2 Å². The molecule has 3 heterocycles. The van der Waals surface area contributed by atoms with Crippen LogP contribution in [-0.4, -0.2) is 65.0 Å². The summed E-state index contributed by atoms with van der Waals surface area (Å²) in [6, 6.07) is 15.7. The maximum Gasteiger partial charge on any atom is 0.251 e. The first-order valence-electron chi connectivity index (χ1n) is 12.4. The molecule has 1 aliphatic rings. The molecule has 3 aromatic rings. The Morgan fingerprint density at radius 2 is 1.80 bits per heavy atom. The van der Waals surface area contributed by atoms with Crippen LogP contribution in [0.2, 0.25) is 0 Å². The third kappa shape index (κ3) is 7.26. The fourth-order valence-corrected chi connectivity index (χ4v) is 4.84. The molecule has 0 unspecified atom stereocenters. The average Bonchev–Trinajstić information content (AvgIpc) is 2.92. The molecule has 35 heavy (non-hydrogen) atoms. The zero-order valence-corrected chi connectivity index (χ0v) is 21.4. The third-order valence-electron chi connectivity index (χ3n) is 6.23. The van der Waals surface area contributed by atoms with E-state index in [0.29, 0.717) is 18.5 Å². The fraction of sp³-hybridized carbons (Fsp3) is 0.407. The van der Waals surface area contributed by atoms with Crippen LogP contribution in [0.3, 0.4) is 0 Å². The Balaban J connectivity index is 1.30. The number of thioether (sulfide) groups is 1. The summed E-state index contributed by atoms with van der Waals surface area (Å²) in [5.41, 5.74) is 3.86.